The first-order chi connectivity index (χ1) is 12.2. The minimum absolute atomic E-state index is 0.0426. The van der Waals surface area contributed by atoms with Crippen molar-refractivity contribution >= 4 is 23.1 Å². The highest BCUT2D eigenvalue weighted by Crippen LogP contribution is 2.29. The van der Waals surface area contributed by atoms with Gasteiger partial charge in [0.15, 0.2) is 0 Å². The normalized spacial score (nSPS) is 12.9. The number of hydrogen-bond acceptors (Lipinski definition) is 3. The topological polar surface area (TPSA) is 45.2 Å². The molecule has 4 nitrogen and oxygen atoms in total. The highest BCUT2D eigenvalue weighted by atomic mass is 32.1. The van der Waals surface area contributed by atoms with Gasteiger partial charge in [0.25, 0.3) is 0 Å². The molecule has 126 valence electrons. The molecule has 25 heavy (non-hydrogen) atoms. The SMILES string of the molecule is Cc1nc(-c2ccccc2)sc1CNC(=O)N1CCc2ccccc21. The molecule has 0 spiro atoms. The molecule has 4 rings (SSSR count). The van der Waals surface area contributed by atoms with Crippen molar-refractivity contribution in [3.8, 4) is 10.6 Å². The smallest absolute Gasteiger partial charge is 0.322 e. The Kier molecular flexibility index (Phi) is 4.24. The highest BCUT2D eigenvalue weighted by Gasteiger charge is 2.24. The van der Waals surface area contributed by atoms with E-state index in [1.54, 1.807) is 11.3 Å². The molecule has 1 aromatic heterocycles. The summed E-state index contributed by atoms with van der Waals surface area (Å²) in [4.78, 5) is 20.1. The number of hydrogen-bond donors (Lipinski definition) is 1. The number of thiazole rings is 1. The van der Waals surface area contributed by atoms with Crippen molar-refractivity contribution in [2.24, 2.45) is 0 Å². The summed E-state index contributed by atoms with van der Waals surface area (Å²) in [6, 6.07) is 18.2. The van der Waals surface area contributed by atoms with E-state index in [1.807, 2.05) is 48.2 Å². The number of para-hydroxylation sites is 1. The quantitative estimate of drug-likeness (QED) is 0.762. The summed E-state index contributed by atoms with van der Waals surface area (Å²) in [5, 5.41) is 4.04. The summed E-state index contributed by atoms with van der Waals surface area (Å²) >= 11 is 1.64. The van der Waals surface area contributed by atoms with Crippen LogP contribution in [0, 0.1) is 6.92 Å². The number of aryl methyl sites for hydroxylation is 1. The molecule has 3 aromatic rings. The van der Waals surface area contributed by atoms with Crippen molar-refractivity contribution < 1.29 is 4.79 Å². The zero-order valence-electron chi connectivity index (χ0n) is 14.0. The largest absolute Gasteiger partial charge is 0.333 e. The second kappa shape index (κ2) is 6.69. The van der Waals surface area contributed by atoms with Crippen molar-refractivity contribution in [3.05, 3.63) is 70.7 Å². The van der Waals surface area contributed by atoms with E-state index in [4.69, 9.17) is 0 Å². The Labute approximate surface area is 151 Å². The number of rotatable bonds is 3. The lowest BCUT2D eigenvalue weighted by atomic mass is 10.2. The van der Waals surface area contributed by atoms with E-state index in [9.17, 15) is 4.79 Å². The van der Waals surface area contributed by atoms with Crippen LogP contribution in [0.5, 0.6) is 0 Å². The average Bonchev–Trinajstić information content (AvgIpc) is 3.24. The van der Waals surface area contributed by atoms with Gasteiger partial charge in [0, 0.05) is 22.7 Å². The Morgan fingerprint density at radius 3 is 2.76 bits per heavy atom. The molecular formula is C20H19N3OS. The lowest BCUT2D eigenvalue weighted by Crippen LogP contribution is -2.38. The van der Waals surface area contributed by atoms with Gasteiger partial charge in [-0.25, -0.2) is 9.78 Å². The molecule has 0 radical (unpaired) electrons. The molecular weight excluding hydrogens is 330 g/mol. The van der Waals surface area contributed by atoms with Crippen LogP contribution < -0.4 is 10.2 Å². The number of amides is 2. The Balaban J connectivity index is 1.46. The molecule has 0 aliphatic carbocycles. The first-order valence-electron chi connectivity index (χ1n) is 8.37. The molecule has 0 bridgehead atoms. The van der Waals surface area contributed by atoms with E-state index in [0.29, 0.717) is 6.54 Å². The van der Waals surface area contributed by atoms with Crippen LogP contribution in [0.2, 0.25) is 0 Å². The molecule has 5 heteroatoms. The van der Waals surface area contributed by atoms with Gasteiger partial charge in [0.2, 0.25) is 0 Å². The number of urea groups is 1. The molecule has 0 atom stereocenters. The van der Waals surface area contributed by atoms with Crippen molar-refractivity contribution in [2.45, 2.75) is 19.9 Å². The van der Waals surface area contributed by atoms with Gasteiger partial charge in [-0.15, -0.1) is 11.3 Å². The van der Waals surface area contributed by atoms with Gasteiger partial charge in [0.1, 0.15) is 5.01 Å². The first-order valence-corrected chi connectivity index (χ1v) is 9.19. The fraction of sp³-hybridized carbons (Fsp3) is 0.200. The van der Waals surface area contributed by atoms with Crippen LogP contribution in [0.3, 0.4) is 0 Å². The van der Waals surface area contributed by atoms with E-state index in [2.05, 4.69) is 28.5 Å². The number of nitrogens with zero attached hydrogens (tertiary/aromatic N) is 2. The van der Waals surface area contributed by atoms with Gasteiger partial charge in [0.05, 0.1) is 12.2 Å². The summed E-state index contributed by atoms with van der Waals surface area (Å²) in [6.07, 6.45) is 0.918. The molecule has 1 N–H and O–H groups in total. The fourth-order valence-electron chi connectivity index (χ4n) is 3.10. The standard InChI is InChI=1S/C20H19N3OS/c1-14-18(25-19(22-14)16-8-3-2-4-9-16)13-21-20(24)23-12-11-15-7-5-6-10-17(15)23/h2-10H,11-13H2,1H3,(H,21,24). The van der Waals surface area contributed by atoms with Crippen molar-refractivity contribution in [1.29, 1.82) is 0 Å². The van der Waals surface area contributed by atoms with Crippen LogP contribution >= 0.6 is 11.3 Å². The molecule has 2 aromatic carbocycles. The number of anilines is 1. The summed E-state index contributed by atoms with van der Waals surface area (Å²) in [7, 11) is 0. The van der Waals surface area contributed by atoms with E-state index in [-0.39, 0.29) is 6.03 Å². The summed E-state index contributed by atoms with van der Waals surface area (Å²) in [6.45, 7) is 3.24. The lowest BCUT2D eigenvalue weighted by molar-refractivity contribution is 0.246. The predicted octanol–water partition coefficient (Wildman–Crippen LogP) is 4.39. The third-order valence-electron chi connectivity index (χ3n) is 4.45. The van der Waals surface area contributed by atoms with Crippen LogP contribution in [0.1, 0.15) is 16.1 Å². The number of fused-ring (bicyclic) bond motifs is 1. The number of carbonyl (C=O) groups excluding carboxylic acids is 1. The maximum absolute atomic E-state index is 12.6. The minimum atomic E-state index is -0.0426. The Bertz CT molecular complexity index is 904. The summed E-state index contributed by atoms with van der Waals surface area (Å²) in [5.74, 6) is 0. The van der Waals surface area contributed by atoms with Crippen LogP contribution in [-0.2, 0) is 13.0 Å². The highest BCUT2D eigenvalue weighted by molar-refractivity contribution is 7.15. The zero-order valence-corrected chi connectivity index (χ0v) is 14.8. The molecule has 0 fully saturated rings. The van der Waals surface area contributed by atoms with Gasteiger partial charge >= 0.3 is 6.03 Å². The number of benzene rings is 2. The van der Waals surface area contributed by atoms with Gasteiger partial charge < -0.3 is 5.32 Å². The summed E-state index contributed by atoms with van der Waals surface area (Å²) in [5.41, 5.74) is 4.34. The molecule has 1 aliphatic rings. The van der Waals surface area contributed by atoms with Crippen LogP contribution in [0.25, 0.3) is 10.6 Å². The van der Waals surface area contributed by atoms with Gasteiger partial charge in [-0.05, 0) is 25.0 Å². The van der Waals surface area contributed by atoms with E-state index >= 15 is 0 Å². The zero-order chi connectivity index (χ0) is 17.2. The van der Waals surface area contributed by atoms with Crippen LogP contribution in [-0.4, -0.2) is 17.6 Å². The maximum Gasteiger partial charge on any atom is 0.322 e. The molecule has 0 saturated carbocycles. The second-order valence-corrected chi connectivity index (χ2v) is 7.17. The third-order valence-corrected chi connectivity index (χ3v) is 5.65. The Morgan fingerprint density at radius 1 is 1.16 bits per heavy atom. The molecule has 2 amide bonds. The van der Waals surface area contributed by atoms with Crippen molar-refractivity contribution in [3.63, 3.8) is 0 Å². The number of aromatic nitrogens is 1. The maximum atomic E-state index is 12.6. The Hall–Kier alpha value is -2.66. The molecule has 0 saturated heterocycles. The first kappa shape index (κ1) is 15.8. The summed E-state index contributed by atoms with van der Waals surface area (Å²) < 4.78 is 0. The fourth-order valence-corrected chi connectivity index (χ4v) is 4.10. The molecule has 2 heterocycles. The average molecular weight is 349 g/mol. The van der Waals surface area contributed by atoms with E-state index < -0.39 is 0 Å². The number of carbonyl (C=O) groups is 1. The van der Waals surface area contributed by atoms with Crippen molar-refractivity contribution in [1.82, 2.24) is 10.3 Å². The molecule has 0 unspecified atom stereocenters. The van der Waals surface area contributed by atoms with E-state index in [1.165, 1.54) is 5.56 Å². The lowest BCUT2D eigenvalue weighted by Gasteiger charge is -2.17. The van der Waals surface area contributed by atoms with Crippen molar-refractivity contribution in [2.75, 3.05) is 11.4 Å². The van der Waals surface area contributed by atoms with Crippen LogP contribution in [0.15, 0.2) is 54.6 Å². The minimum Gasteiger partial charge on any atom is -0.333 e. The predicted molar refractivity (Wildman–Crippen MR) is 102 cm³/mol. The van der Waals surface area contributed by atoms with Gasteiger partial charge in [-0.3, -0.25) is 4.90 Å². The monoisotopic (exact) mass is 349 g/mol. The van der Waals surface area contributed by atoms with Crippen LogP contribution in [0.4, 0.5) is 10.5 Å². The third kappa shape index (κ3) is 3.15. The molecule has 1 aliphatic heterocycles. The second-order valence-electron chi connectivity index (χ2n) is 6.08. The van der Waals surface area contributed by atoms with Gasteiger partial charge in [-0.2, -0.15) is 0 Å². The Morgan fingerprint density at radius 2 is 1.92 bits per heavy atom. The van der Waals surface area contributed by atoms with Gasteiger partial charge in [-0.1, -0.05) is 48.5 Å². The number of nitrogens with one attached hydrogen (secondary N) is 1. The van der Waals surface area contributed by atoms with E-state index in [0.717, 1.165) is 39.8 Å².